The first-order chi connectivity index (χ1) is 11.1. The minimum absolute atomic E-state index is 0.401. The molecule has 0 aliphatic carbocycles. The number of methoxy groups -OCH3 is 1. The zero-order valence-corrected chi connectivity index (χ0v) is 14.3. The van der Waals surface area contributed by atoms with Gasteiger partial charge in [-0.25, -0.2) is 0 Å². The highest BCUT2D eigenvalue weighted by molar-refractivity contribution is 5.97. The van der Waals surface area contributed by atoms with Crippen molar-refractivity contribution in [3.63, 3.8) is 0 Å². The minimum atomic E-state index is 0.401. The third-order valence-corrected chi connectivity index (χ3v) is 4.23. The van der Waals surface area contributed by atoms with E-state index < -0.39 is 0 Å². The molecule has 0 saturated heterocycles. The van der Waals surface area contributed by atoms with Crippen LogP contribution >= 0.6 is 0 Å². The maximum absolute atomic E-state index is 5.43. The third-order valence-electron chi connectivity index (χ3n) is 4.23. The van der Waals surface area contributed by atoms with Crippen LogP contribution < -0.4 is 4.74 Å². The molecular formula is C20H24N2O. The quantitative estimate of drug-likeness (QED) is 0.693. The Morgan fingerprint density at radius 3 is 2.48 bits per heavy atom. The van der Waals surface area contributed by atoms with Gasteiger partial charge in [0.05, 0.1) is 7.11 Å². The molecular weight excluding hydrogens is 284 g/mol. The maximum Gasteiger partial charge on any atom is 0.119 e. The van der Waals surface area contributed by atoms with Crippen LogP contribution in [0.1, 0.15) is 13.0 Å². The van der Waals surface area contributed by atoms with Gasteiger partial charge < -0.3 is 14.2 Å². The molecule has 0 fully saturated rings. The summed E-state index contributed by atoms with van der Waals surface area (Å²) in [5.74, 6) is 0.896. The van der Waals surface area contributed by atoms with Crippen molar-refractivity contribution >= 4 is 10.9 Å². The molecule has 3 aromatic rings. The molecule has 120 valence electrons. The largest absolute Gasteiger partial charge is 0.497 e. The molecule has 23 heavy (non-hydrogen) atoms. The normalized spacial score (nSPS) is 12.7. The van der Waals surface area contributed by atoms with E-state index in [2.05, 4.69) is 79.1 Å². The van der Waals surface area contributed by atoms with Crippen molar-refractivity contribution in [2.75, 3.05) is 27.7 Å². The lowest BCUT2D eigenvalue weighted by molar-refractivity contribution is 0.341. The minimum Gasteiger partial charge on any atom is -0.497 e. The van der Waals surface area contributed by atoms with Gasteiger partial charge in [0.2, 0.25) is 0 Å². The van der Waals surface area contributed by atoms with E-state index in [-0.39, 0.29) is 0 Å². The molecule has 3 rings (SSSR count). The second kappa shape index (κ2) is 6.47. The molecule has 0 bridgehead atoms. The highest BCUT2D eigenvalue weighted by atomic mass is 16.5. The Labute approximate surface area is 138 Å². The van der Waals surface area contributed by atoms with E-state index in [0.29, 0.717) is 6.04 Å². The van der Waals surface area contributed by atoms with Crippen LogP contribution in [0.25, 0.3) is 22.0 Å². The Morgan fingerprint density at radius 2 is 1.83 bits per heavy atom. The van der Waals surface area contributed by atoms with Crippen molar-refractivity contribution in [2.45, 2.75) is 13.0 Å². The standard InChI is InChI=1S/C20H24N2O/c1-15(13-21(2)3)22-14-19(16-8-6-5-7-9-16)18-12-17(23-4)10-11-20(18)22/h5-12,14-15H,13H2,1-4H3. The van der Waals surface area contributed by atoms with Gasteiger partial charge >= 0.3 is 0 Å². The molecule has 2 aromatic carbocycles. The van der Waals surface area contributed by atoms with Crippen LogP contribution in [0.15, 0.2) is 54.7 Å². The average Bonchev–Trinajstić information content (AvgIpc) is 2.93. The molecule has 0 spiro atoms. The lowest BCUT2D eigenvalue weighted by Crippen LogP contribution is -2.21. The van der Waals surface area contributed by atoms with E-state index >= 15 is 0 Å². The molecule has 0 radical (unpaired) electrons. The van der Waals surface area contributed by atoms with Crippen molar-refractivity contribution in [3.05, 3.63) is 54.7 Å². The Balaban J connectivity index is 2.19. The predicted molar refractivity (Wildman–Crippen MR) is 97.2 cm³/mol. The van der Waals surface area contributed by atoms with Crippen LogP contribution in [-0.2, 0) is 0 Å². The average molecular weight is 308 g/mol. The van der Waals surface area contributed by atoms with Gasteiger partial charge in [0.25, 0.3) is 0 Å². The number of likely N-dealkylation sites (N-methyl/N-ethyl adjacent to an activating group) is 1. The fourth-order valence-electron chi connectivity index (χ4n) is 3.19. The lowest BCUT2D eigenvalue weighted by atomic mass is 10.0. The fourth-order valence-corrected chi connectivity index (χ4v) is 3.19. The number of nitrogens with zero attached hydrogens (tertiary/aromatic N) is 2. The summed E-state index contributed by atoms with van der Waals surface area (Å²) in [4.78, 5) is 2.22. The molecule has 0 aliphatic rings. The fraction of sp³-hybridized carbons (Fsp3) is 0.300. The number of rotatable bonds is 5. The van der Waals surface area contributed by atoms with Crippen molar-refractivity contribution in [1.82, 2.24) is 9.47 Å². The van der Waals surface area contributed by atoms with Gasteiger partial charge in [0, 0.05) is 35.2 Å². The first-order valence-corrected chi connectivity index (χ1v) is 7.99. The summed E-state index contributed by atoms with van der Waals surface area (Å²) in [6.45, 7) is 3.27. The van der Waals surface area contributed by atoms with Gasteiger partial charge in [-0.2, -0.15) is 0 Å². The number of hydrogen-bond donors (Lipinski definition) is 0. The highest BCUT2D eigenvalue weighted by Gasteiger charge is 2.15. The first kappa shape index (κ1) is 15.6. The molecule has 1 aromatic heterocycles. The summed E-state index contributed by atoms with van der Waals surface area (Å²) in [6, 6.07) is 17.3. The van der Waals surface area contributed by atoms with Crippen LogP contribution in [0.3, 0.4) is 0 Å². The molecule has 1 atom stereocenters. The molecule has 3 heteroatoms. The van der Waals surface area contributed by atoms with E-state index in [0.717, 1.165) is 12.3 Å². The van der Waals surface area contributed by atoms with E-state index in [9.17, 15) is 0 Å². The Kier molecular flexibility index (Phi) is 4.39. The van der Waals surface area contributed by atoms with Gasteiger partial charge in [-0.3, -0.25) is 0 Å². The van der Waals surface area contributed by atoms with Gasteiger partial charge in [-0.15, -0.1) is 0 Å². The van der Waals surface area contributed by atoms with Gasteiger partial charge in [0.1, 0.15) is 5.75 Å². The molecule has 0 aliphatic heterocycles. The van der Waals surface area contributed by atoms with Crippen molar-refractivity contribution in [3.8, 4) is 16.9 Å². The van der Waals surface area contributed by atoms with Gasteiger partial charge in [-0.05, 0) is 44.8 Å². The third kappa shape index (κ3) is 3.10. The maximum atomic E-state index is 5.43. The molecule has 3 nitrogen and oxygen atoms in total. The number of aromatic nitrogens is 1. The summed E-state index contributed by atoms with van der Waals surface area (Å²) in [7, 11) is 5.95. The zero-order chi connectivity index (χ0) is 16.4. The van der Waals surface area contributed by atoms with Crippen molar-refractivity contribution in [2.24, 2.45) is 0 Å². The summed E-state index contributed by atoms with van der Waals surface area (Å²) in [6.07, 6.45) is 2.27. The summed E-state index contributed by atoms with van der Waals surface area (Å²) in [5, 5.41) is 1.24. The summed E-state index contributed by atoms with van der Waals surface area (Å²) < 4.78 is 7.80. The topological polar surface area (TPSA) is 17.4 Å². The first-order valence-electron chi connectivity index (χ1n) is 7.99. The number of ether oxygens (including phenoxy) is 1. The molecule has 0 saturated carbocycles. The smallest absolute Gasteiger partial charge is 0.119 e. The predicted octanol–water partition coefficient (Wildman–Crippen LogP) is 4.44. The SMILES string of the molecule is COc1ccc2c(c1)c(-c1ccccc1)cn2C(C)CN(C)C. The lowest BCUT2D eigenvalue weighted by Gasteiger charge is -2.19. The molecule has 0 amide bonds. The second-order valence-electron chi connectivity index (χ2n) is 6.31. The Morgan fingerprint density at radius 1 is 1.09 bits per heavy atom. The van der Waals surface area contributed by atoms with Gasteiger partial charge in [-0.1, -0.05) is 30.3 Å². The number of benzene rings is 2. The second-order valence-corrected chi connectivity index (χ2v) is 6.31. The van der Waals surface area contributed by atoms with Crippen LogP contribution in [0.4, 0.5) is 0 Å². The van der Waals surface area contributed by atoms with E-state index in [4.69, 9.17) is 4.74 Å². The molecule has 1 heterocycles. The monoisotopic (exact) mass is 308 g/mol. The van der Waals surface area contributed by atoms with Crippen LogP contribution in [-0.4, -0.2) is 37.2 Å². The van der Waals surface area contributed by atoms with Crippen LogP contribution in [0, 0.1) is 0 Å². The Bertz CT molecular complexity index is 790. The highest BCUT2D eigenvalue weighted by Crippen LogP contribution is 2.34. The summed E-state index contributed by atoms with van der Waals surface area (Å²) in [5.41, 5.74) is 3.74. The summed E-state index contributed by atoms with van der Waals surface area (Å²) >= 11 is 0. The zero-order valence-electron chi connectivity index (χ0n) is 14.3. The number of fused-ring (bicyclic) bond motifs is 1. The van der Waals surface area contributed by atoms with Gasteiger partial charge in [0.15, 0.2) is 0 Å². The van der Waals surface area contributed by atoms with E-state index in [1.54, 1.807) is 7.11 Å². The molecule has 1 unspecified atom stereocenters. The van der Waals surface area contributed by atoms with Crippen LogP contribution in [0.2, 0.25) is 0 Å². The van der Waals surface area contributed by atoms with E-state index in [1.165, 1.54) is 22.0 Å². The number of hydrogen-bond acceptors (Lipinski definition) is 2. The van der Waals surface area contributed by atoms with Crippen LogP contribution in [0.5, 0.6) is 5.75 Å². The Hall–Kier alpha value is -2.26. The van der Waals surface area contributed by atoms with Crippen molar-refractivity contribution < 1.29 is 4.74 Å². The molecule has 0 N–H and O–H groups in total. The van der Waals surface area contributed by atoms with Crippen molar-refractivity contribution in [1.29, 1.82) is 0 Å². The van der Waals surface area contributed by atoms with E-state index in [1.807, 2.05) is 6.07 Å².